The van der Waals surface area contributed by atoms with Gasteiger partial charge in [-0.2, -0.15) is 0 Å². The molecule has 1 aromatic carbocycles. The number of fused-ring (bicyclic) bond motifs is 1. The van der Waals surface area contributed by atoms with Crippen LogP contribution in [0, 0.1) is 5.92 Å². The summed E-state index contributed by atoms with van der Waals surface area (Å²) >= 11 is 0. The average Bonchev–Trinajstić information content (AvgIpc) is 3.04. The lowest BCUT2D eigenvalue weighted by Crippen LogP contribution is -2.37. The van der Waals surface area contributed by atoms with Crippen molar-refractivity contribution in [2.24, 2.45) is 5.92 Å². The summed E-state index contributed by atoms with van der Waals surface area (Å²) in [6.45, 7) is 3.81. The Labute approximate surface area is 149 Å². The van der Waals surface area contributed by atoms with Crippen LogP contribution in [0.1, 0.15) is 25.3 Å². The maximum absolute atomic E-state index is 12.5. The fraction of sp³-hybridized carbons (Fsp3) is 0.579. The Bertz CT molecular complexity index is 659. The van der Waals surface area contributed by atoms with Gasteiger partial charge in [0, 0.05) is 31.2 Å². The molecule has 1 saturated heterocycles. The Balaban J connectivity index is 1.57. The molecule has 0 aromatic heterocycles. The van der Waals surface area contributed by atoms with E-state index in [9.17, 15) is 9.59 Å². The number of anilines is 1. The number of benzene rings is 1. The second kappa shape index (κ2) is 7.44. The van der Waals surface area contributed by atoms with Crippen LogP contribution in [0.5, 0.6) is 5.75 Å². The van der Waals surface area contributed by atoms with Gasteiger partial charge in [-0.05, 0) is 50.2 Å². The summed E-state index contributed by atoms with van der Waals surface area (Å²) in [6, 6.07) is 5.99. The van der Waals surface area contributed by atoms with Gasteiger partial charge >= 0.3 is 0 Å². The van der Waals surface area contributed by atoms with E-state index in [1.165, 1.54) is 0 Å². The van der Waals surface area contributed by atoms with Gasteiger partial charge in [-0.25, -0.2) is 0 Å². The van der Waals surface area contributed by atoms with Crippen LogP contribution < -0.4 is 10.1 Å². The Morgan fingerprint density at radius 3 is 2.80 bits per heavy atom. The highest BCUT2D eigenvalue weighted by Crippen LogP contribution is 2.27. The number of aryl methyl sites for hydroxylation is 1. The standard InChI is InChI=1S/C19H27N3O3/c1-4-13-10-22(11-17(13)21(2)3)19(24)12-25-15-6-7-16-14(9-15)5-8-18(23)20-16/h6-7,9,13,17H,4-5,8,10-12H2,1-3H3,(H,20,23)/t13-,17-/m0/s1. The fourth-order valence-corrected chi connectivity index (χ4v) is 3.73. The molecule has 2 amide bonds. The minimum atomic E-state index is 0.0359. The topological polar surface area (TPSA) is 61.9 Å². The molecule has 1 aromatic rings. The van der Waals surface area contributed by atoms with E-state index < -0.39 is 0 Å². The first kappa shape index (κ1) is 17.7. The molecule has 6 nitrogen and oxygen atoms in total. The molecular formula is C19H27N3O3. The Morgan fingerprint density at radius 2 is 2.12 bits per heavy atom. The summed E-state index contributed by atoms with van der Waals surface area (Å²) in [5, 5.41) is 2.85. The van der Waals surface area contributed by atoms with Crippen LogP contribution in [-0.4, -0.2) is 61.4 Å². The molecule has 0 spiro atoms. The number of nitrogens with one attached hydrogen (secondary N) is 1. The molecule has 25 heavy (non-hydrogen) atoms. The monoisotopic (exact) mass is 345 g/mol. The summed E-state index contributed by atoms with van der Waals surface area (Å²) in [7, 11) is 4.15. The number of rotatable bonds is 5. The lowest BCUT2D eigenvalue weighted by molar-refractivity contribution is -0.132. The number of amides is 2. The summed E-state index contributed by atoms with van der Waals surface area (Å²) in [4.78, 5) is 28.0. The molecule has 2 atom stereocenters. The number of carbonyl (C=O) groups is 2. The smallest absolute Gasteiger partial charge is 0.260 e. The molecule has 2 aliphatic rings. The van der Waals surface area contributed by atoms with Crippen molar-refractivity contribution in [3.05, 3.63) is 23.8 Å². The number of hydrogen-bond donors (Lipinski definition) is 1. The normalized spacial score (nSPS) is 22.7. The molecule has 2 aliphatic heterocycles. The van der Waals surface area contributed by atoms with Crippen molar-refractivity contribution in [3.8, 4) is 5.75 Å². The predicted molar refractivity (Wildman–Crippen MR) is 96.7 cm³/mol. The van der Waals surface area contributed by atoms with E-state index in [0.29, 0.717) is 30.6 Å². The largest absolute Gasteiger partial charge is 0.484 e. The summed E-state index contributed by atoms with van der Waals surface area (Å²) in [5.74, 6) is 1.28. The van der Waals surface area contributed by atoms with Crippen LogP contribution in [0.25, 0.3) is 0 Å². The summed E-state index contributed by atoms with van der Waals surface area (Å²) < 4.78 is 5.72. The first-order valence-corrected chi connectivity index (χ1v) is 8.97. The molecule has 0 radical (unpaired) electrons. The number of ether oxygens (including phenoxy) is 1. The maximum atomic E-state index is 12.5. The van der Waals surface area contributed by atoms with Crippen molar-refractivity contribution in [3.63, 3.8) is 0 Å². The summed E-state index contributed by atoms with van der Waals surface area (Å²) in [5.41, 5.74) is 1.90. The lowest BCUT2D eigenvalue weighted by Gasteiger charge is -2.23. The number of nitrogens with zero attached hydrogens (tertiary/aromatic N) is 2. The highest BCUT2D eigenvalue weighted by Gasteiger charge is 2.35. The third-order valence-electron chi connectivity index (χ3n) is 5.28. The van der Waals surface area contributed by atoms with Gasteiger partial charge in [-0.3, -0.25) is 9.59 Å². The quantitative estimate of drug-likeness (QED) is 0.883. The molecule has 0 saturated carbocycles. The van der Waals surface area contributed by atoms with Gasteiger partial charge in [-0.1, -0.05) is 13.3 Å². The number of hydrogen-bond acceptors (Lipinski definition) is 4. The molecule has 2 heterocycles. The van der Waals surface area contributed by atoms with Gasteiger partial charge in [0.05, 0.1) is 0 Å². The third-order valence-corrected chi connectivity index (χ3v) is 5.28. The second-order valence-corrected chi connectivity index (χ2v) is 7.15. The highest BCUT2D eigenvalue weighted by atomic mass is 16.5. The van der Waals surface area contributed by atoms with Crippen molar-refractivity contribution >= 4 is 17.5 Å². The van der Waals surface area contributed by atoms with Gasteiger partial charge in [0.2, 0.25) is 5.91 Å². The van der Waals surface area contributed by atoms with E-state index in [2.05, 4.69) is 31.2 Å². The zero-order valence-electron chi connectivity index (χ0n) is 15.2. The SMILES string of the molecule is CC[C@H]1CN(C(=O)COc2ccc3c(c2)CCC(=O)N3)C[C@@H]1N(C)C. The van der Waals surface area contributed by atoms with Crippen molar-refractivity contribution < 1.29 is 14.3 Å². The Kier molecular flexibility index (Phi) is 5.27. The molecule has 1 N–H and O–H groups in total. The van der Waals surface area contributed by atoms with Gasteiger partial charge in [0.25, 0.3) is 5.91 Å². The van der Waals surface area contributed by atoms with Crippen LogP contribution in [0.15, 0.2) is 18.2 Å². The van der Waals surface area contributed by atoms with Gasteiger partial charge in [0.15, 0.2) is 6.61 Å². The molecule has 3 rings (SSSR count). The van der Waals surface area contributed by atoms with E-state index in [-0.39, 0.29) is 18.4 Å². The first-order valence-electron chi connectivity index (χ1n) is 8.97. The number of likely N-dealkylation sites (N-methyl/N-ethyl adjacent to an activating group) is 1. The van der Waals surface area contributed by atoms with Gasteiger partial charge in [0.1, 0.15) is 5.75 Å². The van der Waals surface area contributed by atoms with Crippen LogP contribution in [0.3, 0.4) is 0 Å². The van der Waals surface area contributed by atoms with Crippen LogP contribution in [0.4, 0.5) is 5.69 Å². The van der Waals surface area contributed by atoms with E-state index in [0.717, 1.165) is 30.8 Å². The maximum Gasteiger partial charge on any atom is 0.260 e. The van der Waals surface area contributed by atoms with Crippen molar-refractivity contribution in [1.82, 2.24) is 9.80 Å². The lowest BCUT2D eigenvalue weighted by atomic mass is 10.0. The molecule has 0 bridgehead atoms. The van der Waals surface area contributed by atoms with E-state index >= 15 is 0 Å². The predicted octanol–water partition coefficient (Wildman–Crippen LogP) is 1.75. The van der Waals surface area contributed by atoms with E-state index in [4.69, 9.17) is 4.74 Å². The second-order valence-electron chi connectivity index (χ2n) is 7.15. The van der Waals surface area contributed by atoms with E-state index in [1.54, 1.807) is 6.07 Å². The van der Waals surface area contributed by atoms with Crippen molar-refractivity contribution in [1.29, 1.82) is 0 Å². The molecular weight excluding hydrogens is 318 g/mol. The van der Waals surface area contributed by atoms with Gasteiger partial charge < -0.3 is 19.9 Å². The molecule has 136 valence electrons. The first-order chi connectivity index (χ1) is 12.0. The fourth-order valence-electron chi connectivity index (χ4n) is 3.73. The average molecular weight is 345 g/mol. The van der Waals surface area contributed by atoms with Gasteiger partial charge in [-0.15, -0.1) is 0 Å². The molecule has 1 fully saturated rings. The minimum absolute atomic E-state index is 0.0359. The Hall–Kier alpha value is -2.08. The van der Waals surface area contributed by atoms with Crippen LogP contribution >= 0.6 is 0 Å². The van der Waals surface area contributed by atoms with Crippen molar-refractivity contribution in [2.45, 2.75) is 32.2 Å². The summed E-state index contributed by atoms with van der Waals surface area (Å²) in [6.07, 6.45) is 2.28. The van der Waals surface area contributed by atoms with Crippen LogP contribution in [-0.2, 0) is 16.0 Å². The Morgan fingerprint density at radius 1 is 1.32 bits per heavy atom. The minimum Gasteiger partial charge on any atom is -0.484 e. The molecule has 0 unspecified atom stereocenters. The highest BCUT2D eigenvalue weighted by molar-refractivity contribution is 5.94. The zero-order chi connectivity index (χ0) is 18.0. The third kappa shape index (κ3) is 3.95. The number of carbonyl (C=O) groups excluding carboxylic acids is 2. The zero-order valence-corrected chi connectivity index (χ0v) is 15.2. The van der Waals surface area contributed by atoms with E-state index in [1.807, 2.05) is 17.0 Å². The number of likely N-dealkylation sites (tertiary alicyclic amines) is 1. The van der Waals surface area contributed by atoms with Crippen LogP contribution in [0.2, 0.25) is 0 Å². The molecule has 6 heteroatoms. The molecule has 0 aliphatic carbocycles. The van der Waals surface area contributed by atoms with Crippen molar-refractivity contribution in [2.75, 3.05) is 39.1 Å².